The maximum Gasteiger partial charge on any atom is 0.168 e. The summed E-state index contributed by atoms with van der Waals surface area (Å²) < 4.78 is 0. The number of para-hydroxylation sites is 1. The highest BCUT2D eigenvalue weighted by Gasteiger charge is 2.25. The van der Waals surface area contributed by atoms with Crippen molar-refractivity contribution in [1.29, 1.82) is 0 Å². The summed E-state index contributed by atoms with van der Waals surface area (Å²) in [4.78, 5) is 21.4. The van der Waals surface area contributed by atoms with Gasteiger partial charge in [-0.15, -0.1) is 0 Å². The molecule has 32 heavy (non-hydrogen) atoms. The van der Waals surface area contributed by atoms with Gasteiger partial charge in [-0.25, -0.2) is 10.8 Å². The van der Waals surface area contributed by atoms with E-state index < -0.39 is 0 Å². The molecule has 1 aromatic carbocycles. The zero-order chi connectivity index (χ0) is 21.9. The number of nitrogens with zero attached hydrogens (tertiary/aromatic N) is 4. The normalized spacial score (nSPS) is 21.8. The van der Waals surface area contributed by atoms with Crippen molar-refractivity contribution in [2.45, 2.75) is 25.6 Å². The SMILES string of the molecule is NN1C=C2CCC(=O)C=C2NC1NCCCN1CCN(c2ccc3ccccc3n2)CC1. The molecule has 3 heterocycles. The zero-order valence-corrected chi connectivity index (χ0v) is 18.3. The summed E-state index contributed by atoms with van der Waals surface area (Å²) in [6.45, 7) is 5.97. The summed E-state index contributed by atoms with van der Waals surface area (Å²) in [5.74, 6) is 7.39. The lowest BCUT2D eigenvalue weighted by Crippen LogP contribution is -2.58. The van der Waals surface area contributed by atoms with Crippen LogP contribution in [0.1, 0.15) is 19.3 Å². The van der Waals surface area contributed by atoms with E-state index in [2.05, 4.69) is 50.8 Å². The Hall–Kier alpha value is -2.94. The molecule has 8 heteroatoms. The number of hydrazine groups is 1. The molecule has 0 amide bonds. The quantitative estimate of drug-likeness (QED) is 0.467. The Morgan fingerprint density at radius 1 is 1.09 bits per heavy atom. The molecule has 1 saturated heterocycles. The van der Waals surface area contributed by atoms with Crippen molar-refractivity contribution in [3.8, 4) is 0 Å². The second kappa shape index (κ2) is 9.28. The highest BCUT2D eigenvalue weighted by molar-refractivity contribution is 5.92. The van der Waals surface area contributed by atoms with E-state index in [0.29, 0.717) is 6.42 Å². The van der Waals surface area contributed by atoms with Gasteiger partial charge in [0, 0.05) is 56.0 Å². The van der Waals surface area contributed by atoms with E-state index in [0.717, 1.165) is 74.7 Å². The maximum atomic E-state index is 11.7. The first-order valence-corrected chi connectivity index (χ1v) is 11.5. The molecule has 2 aliphatic heterocycles. The number of anilines is 1. The molecular weight excluding hydrogens is 402 g/mol. The standard InChI is InChI=1S/C24H31N7O/c25-31-17-19-6-8-20(32)16-22(19)28-24(31)26-10-3-11-29-12-14-30(15-13-29)23-9-7-18-4-1-2-5-21(18)27-23/h1-2,4-5,7,9,16-17,24,26,28H,3,6,8,10-15,25H2. The Balaban J connectivity index is 1.06. The zero-order valence-electron chi connectivity index (χ0n) is 18.3. The number of nitrogens with one attached hydrogen (secondary N) is 2. The highest BCUT2D eigenvalue weighted by atomic mass is 16.1. The van der Waals surface area contributed by atoms with E-state index in [-0.39, 0.29) is 12.1 Å². The number of allylic oxidation sites excluding steroid dienone is 2. The molecule has 4 N–H and O–H groups in total. The van der Waals surface area contributed by atoms with Gasteiger partial charge < -0.3 is 10.2 Å². The van der Waals surface area contributed by atoms with E-state index in [1.807, 2.05) is 12.3 Å². The van der Waals surface area contributed by atoms with E-state index in [1.165, 1.54) is 5.39 Å². The highest BCUT2D eigenvalue weighted by Crippen LogP contribution is 2.24. The fourth-order valence-electron chi connectivity index (χ4n) is 4.59. The van der Waals surface area contributed by atoms with Gasteiger partial charge in [0.1, 0.15) is 5.82 Å². The molecule has 8 nitrogen and oxygen atoms in total. The van der Waals surface area contributed by atoms with Crippen LogP contribution in [-0.4, -0.2) is 66.2 Å². The summed E-state index contributed by atoms with van der Waals surface area (Å²) in [6.07, 6.45) is 5.79. The largest absolute Gasteiger partial charge is 0.354 e. The van der Waals surface area contributed by atoms with Crippen LogP contribution in [0, 0.1) is 0 Å². The van der Waals surface area contributed by atoms with Crippen LogP contribution in [0.3, 0.4) is 0 Å². The number of aromatic nitrogens is 1. The topological polar surface area (TPSA) is 89.8 Å². The van der Waals surface area contributed by atoms with E-state index in [4.69, 9.17) is 10.8 Å². The van der Waals surface area contributed by atoms with Crippen LogP contribution < -0.4 is 21.4 Å². The average Bonchev–Trinajstić information content (AvgIpc) is 2.82. The Kier molecular flexibility index (Phi) is 6.07. The second-order valence-electron chi connectivity index (χ2n) is 8.67. The predicted molar refractivity (Wildman–Crippen MR) is 126 cm³/mol. The molecule has 1 atom stereocenters. The van der Waals surface area contributed by atoms with Gasteiger partial charge in [-0.1, -0.05) is 18.2 Å². The molecule has 0 radical (unpaired) electrons. The van der Waals surface area contributed by atoms with Crippen molar-refractivity contribution < 1.29 is 4.79 Å². The number of fused-ring (bicyclic) bond motifs is 2. The van der Waals surface area contributed by atoms with Crippen LogP contribution in [0.25, 0.3) is 10.9 Å². The summed E-state index contributed by atoms with van der Waals surface area (Å²) >= 11 is 0. The Labute approximate surface area is 188 Å². The first-order chi connectivity index (χ1) is 15.7. The Bertz CT molecular complexity index is 1040. The summed E-state index contributed by atoms with van der Waals surface area (Å²) in [5, 5.41) is 9.65. The number of nitrogens with two attached hydrogens (primary N) is 1. The lowest BCUT2D eigenvalue weighted by molar-refractivity contribution is -0.114. The molecule has 1 aliphatic carbocycles. The van der Waals surface area contributed by atoms with Crippen LogP contribution in [0.15, 0.2) is 59.9 Å². The van der Waals surface area contributed by atoms with E-state index in [1.54, 1.807) is 11.1 Å². The van der Waals surface area contributed by atoms with Gasteiger partial charge in [0.05, 0.1) is 5.52 Å². The third-order valence-corrected chi connectivity index (χ3v) is 6.46. The van der Waals surface area contributed by atoms with Gasteiger partial charge >= 0.3 is 0 Å². The fourth-order valence-corrected chi connectivity index (χ4v) is 4.59. The summed E-state index contributed by atoms with van der Waals surface area (Å²) in [7, 11) is 0. The van der Waals surface area contributed by atoms with E-state index >= 15 is 0 Å². The molecule has 0 bridgehead atoms. The minimum Gasteiger partial charge on any atom is -0.354 e. The van der Waals surface area contributed by atoms with Crippen LogP contribution in [0.2, 0.25) is 0 Å². The maximum absolute atomic E-state index is 11.7. The molecule has 168 valence electrons. The molecule has 1 unspecified atom stereocenters. The van der Waals surface area contributed by atoms with Crippen LogP contribution in [0.5, 0.6) is 0 Å². The van der Waals surface area contributed by atoms with Gasteiger partial charge in [-0.2, -0.15) is 0 Å². The molecule has 2 aromatic rings. The molecule has 0 saturated carbocycles. The van der Waals surface area contributed by atoms with Gasteiger partial charge in [0.2, 0.25) is 0 Å². The minimum absolute atomic E-state index is 0.173. The van der Waals surface area contributed by atoms with Crippen LogP contribution >= 0.6 is 0 Å². The number of carbonyl (C=O) groups excluding carboxylic acids is 1. The summed E-state index contributed by atoms with van der Waals surface area (Å²) in [6, 6.07) is 12.6. The number of piperazine rings is 1. The number of ketones is 1. The van der Waals surface area contributed by atoms with E-state index in [9.17, 15) is 4.79 Å². The molecule has 1 fully saturated rings. The third kappa shape index (κ3) is 4.62. The molecule has 0 spiro atoms. The minimum atomic E-state index is -0.188. The Morgan fingerprint density at radius 2 is 1.94 bits per heavy atom. The van der Waals surface area contributed by atoms with Gasteiger partial charge in [-0.05, 0) is 49.7 Å². The molecule has 3 aliphatic rings. The van der Waals surface area contributed by atoms with Gasteiger partial charge in [-0.3, -0.25) is 20.0 Å². The number of carbonyl (C=O) groups is 1. The average molecular weight is 434 g/mol. The lowest BCUT2D eigenvalue weighted by atomic mass is 9.97. The van der Waals surface area contributed by atoms with Crippen molar-refractivity contribution in [3.05, 3.63) is 59.9 Å². The van der Waals surface area contributed by atoms with Crippen molar-refractivity contribution in [3.63, 3.8) is 0 Å². The number of hydrogen-bond acceptors (Lipinski definition) is 8. The number of hydrogen-bond donors (Lipinski definition) is 3. The monoisotopic (exact) mass is 433 g/mol. The van der Waals surface area contributed by atoms with Crippen molar-refractivity contribution in [1.82, 2.24) is 25.5 Å². The number of benzene rings is 1. The van der Waals surface area contributed by atoms with Gasteiger partial charge in [0.15, 0.2) is 12.1 Å². The van der Waals surface area contributed by atoms with Gasteiger partial charge in [0.25, 0.3) is 0 Å². The molecule has 5 rings (SSSR count). The van der Waals surface area contributed by atoms with Crippen LogP contribution in [-0.2, 0) is 4.79 Å². The Morgan fingerprint density at radius 3 is 2.81 bits per heavy atom. The lowest BCUT2D eigenvalue weighted by Gasteiger charge is -2.37. The fraction of sp³-hybridized carbons (Fsp3) is 0.417. The summed E-state index contributed by atoms with van der Waals surface area (Å²) in [5.41, 5.74) is 3.06. The van der Waals surface area contributed by atoms with Crippen molar-refractivity contribution in [2.75, 3.05) is 44.2 Å². The van der Waals surface area contributed by atoms with Crippen LogP contribution in [0.4, 0.5) is 5.82 Å². The molecule has 1 aromatic heterocycles. The smallest absolute Gasteiger partial charge is 0.168 e. The van der Waals surface area contributed by atoms with Crippen molar-refractivity contribution in [2.24, 2.45) is 5.84 Å². The second-order valence-corrected chi connectivity index (χ2v) is 8.67. The number of pyridine rings is 1. The predicted octanol–water partition coefficient (Wildman–Crippen LogP) is 1.53. The first-order valence-electron chi connectivity index (χ1n) is 11.5. The first kappa shape index (κ1) is 20.9. The van der Waals surface area contributed by atoms with Crippen molar-refractivity contribution >= 4 is 22.5 Å². The number of rotatable bonds is 6. The third-order valence-electron chi connectivity index (χ3n) is 6.46. The molecular formula is C24H31N7O.